The van der Waals surface area contributed by atoms with Crippen LogP contribution in [0.2, 0.25) is 0 Å². The maximum Gasteiger partial charge on any atom is 0.224 e. The summed E-state index contributed by atoms with van der Waals surface area (Å²) in [5.74, 6) is 1.24. The van der Waals surface area contributed by atoms with Gasteiger partial charge in [-0.1, -0.05) is 25.1 Å². The van der Waals surface area contributed by atoms with E-state index in [1.807, 2.05) is 18.2 Å². The Balaban J connectivity index is 1.67. The molecular formula is C19H30N2O2. The molecule has 23 heavy (non-hydrogen) atoms. The van der Waals surface area contributed by atoms with Crippen molar-refractivity contribution in [2.75, 3.05) is 26.7 Å². The van der Waals surface area contributed by atoms with E-state index in [1.165, 1.54) is 18.4 Å². The Labute approximate surface area is 140 Å². The van der Waals surface area contributed by atoms with Gasteiger partial charge in [-0.15, -0.1) is 0 Å². The molecule has 0 spiro atoms. The zero-order valence-electron chi connectivity index (χ0n) is 14.5. The van der Waals surface area contributed by atoms with E-state index in [4.69, 9.17) is 4.74 Å². The van der Waals surface area contributed by atoms with Crippen LogP contribution in [0.4, 0.5) is 0 Å². The molecule has 0 saturated carbocycles. The monoisotopic (exact) mass is 318 g/mol. The van der Waals surface area contributed by atoms with E-state index in [9.17, 15) is 4.79 Å². The fourth-order valence-electron chi connectivity index (χ4n) is 3.35. The van der Waals surface area contributed by atoms with Gasteiger partial charge in [-0.25, -0.2) is 0 Å². The summed E-state index contributed by atoms with van der Waals surface area (Å²) >= 11 is 0. The van der Waals surface area contributed by atoms with E-state index in [1.54, 1.807) is 7.11 Å². The van der Waals surface area contributed by atoms with Crippen LogP contribution in [-0.4, -0.2) is 43.6 Å². The van der Waals surface area contributed by atoms with Gasteiger partial charge < -0.3 is 15.0 Å². The van der Waals surface area contributed by atoms with Gasteiger partial charge >= 0.3 is 0 Å². The summed E-state index contributed by atoms with van der Waals surface area (Å²) in [6.45, 7) is 4.74. The summed E-state index contributed by atoms with van der Waals surface area (Å²) in [7, 11) is 1.70. The number of hydrogen-bond acceptors (Lipinski definition) is 3. The number of ether oxygens (including phenoxy) is 1. The molecule has 1 N–H and O–H groups in total. The first-order chi connectivity index (χ1) is 11.3. The minimum absolute atomic E-state index is 0.307. The largest absolute Gasteiger partial charge is 0.496 e. The lowest BCUT2D eigenvalue weighted by Crippen LogP contribution is -2.44. The quantitative estimate of drug-likeness (QED) is 0.749. The third-order valence-electron chi connectivity index (χ3n) is 4.70. The summed E-state index contributed by atoms with van der Waals surface area (Å²) in [5, 5.41) is 3.38. The van der Waals surface area contributed by atoms with Gasteiger partial charge in [0, 0.05) is 25.6 Å². The average Bonchev–Trinajstić information content (AvgIpc) is 2.61. The van der Waals surface area contributed by atoms with Gasteiger partial charge in [-0.05, 0) is 50.3 Å². The number of para-hydroxylation sites is 1. The van der Waals surface area contributed by atoms with E-state index in [-0.39, 0.29) is 0 Å². The Morgan fingerprint density at radius 2 is 2.13 bits per heavy atom. The van der Waals surface area contributed by atoms with Gasteiger partial charge in [0.2, 0.25) is 5.91 Å². The fourth-order valence-corrected chi connectivity index (χ4v) is 3.35. The molecule has 2 rings (SSSR count). The molecule has 128 valence electrons. The molecule has 0 aliphatic carbocycles. The number of methoxy groups -OCH3 is 1. The van der Waals surface area contributed by atoms with E-state index in [0.717, 1.165) is 44.6 Å². The molecule has 1 aromatic rings. The number of benzene rings is 1. The number of rotatable bonds is 8. The van der Waals surface area contributed by atoms with Crippen molar-refractivity contribution in [2.45, 2.75) is 51.5 Å². The number of nitrogens with zero attached hydrogens (tertiary/aromatic N) is 1. The molecule has 0 aromatic heterocycles. The predicted molar refractivity (Wildman–Crippen MR) is 93.8 cm³/mol. The Morgan fingerprint density at radius 1 is 1.30 bits per heavy atom. The normalized spacial score (nSPS) is 18.0. The zero-order chi connectivity index (χ0) is 16.5. The highest BCUT2D eigenvalue weighted by atomic mass is 16.5. The highest BCUT2D eigenvalue weighted by Crippen LogP contribution is 2.20. The van der Waals surface area contributed by atoms with Crippen LogP contribution in [-0.2, 0) is 11.2 Å². The first-order valence-corrected chi connectivity index (χ1v) is 8.88. The van der Waals surface area contributed by atoms with Crippen molar-refractivity contribution in [3.8, 4) is 5.75 Å². The molecular weight excluding hydrogens is 288 g/mol. The number of piperidine rings is 1. The number of likely N-dealkylation sites (tertiary alicyclic amines) is 1. The van der Waals surface area contributed by atoms with Crippen molar-refractivity contribution < 1.29 is 9.53 Å². The number of nitrogens with one attached hydrogen (secondary N) is 1. The SMILES string of the molecule is CCC1CCCCN1C(=O)CCNCCc1ccccc1OC. The topological polar surface area (TPSA) is 41.6 Å². The summed E-state index contributed by atoms with van der Waals surface area (Å²) in [6, 6.07) is 8.55. The van der Waals surface area contributed by atoms with Crippen LogP contribution in [0.3, 0.4) is 0 Å². The van der Waals surface area contributed by atoms with Crippen molar-refractivity contribution in [1.82, 2.24) is 10.2 Å². The molecule has 1 heterocycles. The lowest BCUT2D eigenvalue weighted by molar-refractivity contribution is -0.134. The molecule has 1 amide bonds. The van der Waals surface area contributed by atoms with E-state index in [2.05, 4.69) is 23.2 Å². The average molecular weight is 318 g/mol. The van der Waals surface area contributed by atoms with Crippen molar-refractivity contribution in [2.24, 2.45) is 0 Å². The summed E-state index contributed by atoms with van der Waals surface area (Å²) in [6.07, 6.45) is 6.18. The van der Waals surface area contributed by atoms with Crippen molar-refractivity contribution >= 4 is 5.91 Å². The number of hydrogen-bond donors (Lipinski definition) is 1. The molecule has 4 nitrogen and oxygen atoms in total. The molecule has 1 aromatic carbocycles. The van der Waals surface area contributed by atoms with Crippen LogP contribution in [0.25, 0.3) is 0 Å². The molecule has 1 saturated heterocycles. The van der Waals surface area contributed by atoms with E-state index >= 15 is 0 Å². The Bertz CT molecular complexity index is 490. The lowest BCUT2D eigenvalue weighted by atomic mass is 9.99. The number of amides is 1. The van der Waals surface area contributed by atoms with Gasteiger partial charge in [0.1, 0.15) is 5.75 Å². The highest BCUT2D eigenvalue weighted by Gasteiger charge is 2.24. The molecule has 0 bridgehead atoms. The van der Waals surface area contributed by atoms with Crippen molar-refractivity contribution in [3.63, 3.8) is 0 Å². The smallest absolute Gasteiger partial charge is 0.224 e. The van der Waals surface area contributed by atoms with Gasteiger partial charge in [0.15, 0.2) is 0 Å². The fraction of sp³-hybridized carbons (Fsp3) is 0.632. The maximum atomic E-state index is 12.4. The second-order valence-electron chi connectivity index (χ2n) is 6.21. The summed E-state index contributed by atoms with van der Waals surface area (Å²) in [4.78, 5) is 14.5. The summed E-state index contributed by atoms with van der Waals surface area (Å²) < 4.78 is 5.36. The second kappa shape index (κ2) is 9.56. The third-order valence-corrected chi connectivity index (χ3v) is 4.70. The lowest BCUT2D eigenvalue weighted by Gasteiger charge is -2.35. The minimum atomic E-state index is 0.307. The number of carbonyl (C=O) groups excluding carboxylic acids is 1. The molecule has 1 unspecified atom stereocenters. The van der Waals surface area contributed by atoms with Crippen molar-refractivity contribution in [1.29, 1.82) is 0 Å². The molecule has 4 heteroatoms. The second-order valence-corrected chi connectivity index (χ2v) is 6.21. The highest BCUT2D eigenvalue weighted by molar-refractivity contribution is 5.76. The Morgan fingerprint density at radius 3 is 2.91 bits per heavy atom. The first-order valence-electron chi connectivity index (χ1n) is 8.88. The van der Waals surface area contributed by atoms with Gasteiger partial charge in [-0.2, -0.15) is 0 Å². The van der Waals surface area contributed by atoms with Crippen LogP contribution < -0.4 is 10.1 Å². The van der Waals surface area contributed by atoms with Crippen LogP contribution in [0.5, 0.6) is 5.75 Å². The van der Waals surface area contributed by atoms with Crippen LogP contribution >= 0.6 is 0 Å². The first kappa shape index (κ1) is 17.8. The van der Waals surface area contributed by atoms with Gasteiger partial charge in [0.25, 0.3) is 0 Å². The van der Waals surface area contributed by atoms with Crippen LogP contribution in [0.1, 0.15) is 44.6 Å². The molecule has 1 aliphatic rings. The van der Waals surface area contributed by atoms with Crippen LogP contribution in [0.15, 0.2) is 24.3 Å². The number of carbonyl (C=O) groups is 1. The summed E-state index contributed by atoms with van der Waals surface area (Å²) in [5.41, 5.74) is 1.20. The standard InChI is InChI=1S/C19H30N2O2/c1-3-17-9-6-7-15-21(17)19(22)12-14-20-13-11-16-8-4-5-10-18(16)23-2/h4-5,8,10,17,20H,3,6-7,9,11-15H2,1-2H3. The maximum absolute atomic E-state index is 12.4. The third kappa shape index (κ3) is 5.24. The molecule has 1 atom stereocenters. The molecule has 1 aliphatic heterocycles. The Kier molecular flexibility index (Phi) is 7.40. The molecule has 0 radical (unpaired) electrons. The Hall–Kier alpha value is -1.55. The zero-order valence-corrected chi connectivity index (χ0v) is 14.5. The van der Waals surface area contributed by atoms with Crippen molar-refractivity contribution in [3.05, 3.63) is 29.8 Å². The van der Waals surface area contributed by atoms with E-state index < -0.39 is 0 Å². The van der Waals surface area contributed by atoms with E-state index in [0.29, 0.717) is 18.4 Å². The molecule has 1 fully saturated rings. The predicted octanol–water partition coefficient (Wildman–Crippen LogP) is 3.01. The van der Waals surface area contributed by atoms with Crippen LogP contribution in [0, 0.1) is 0 Å². The van der Waals surface area contributed by atoms with Gasteiger partial charge in [0.05, 0.1) is 7.11 Å². The minimum Gasteiger partial charge on any atom is -0.496 e. The van der Waals surface area contributed by atoms with Gasteiger partial charge in [-0.3, -0.25) is 4.79 Å².